The maximum absolute atomic E-state index is 11.4. The van der Waals surface area contributed by atoms with E-state index < -0.39 is 0 Å². The van der Waals surface area contributed by atoms with Crippen LogP contribution in [0.2, 0.25) is 5.02 Å². The van der Waals surface area contributed by atoms with Crippen molar-refractivity contribution in [2.24, 2.45) is 0 Å². The molecule has 0 heterocycles. The minimum Gasteiger partial charge on any atom is -0.396 e. The smallest absolute Gasteiger partial charge is 0.319 e. The number of benzene rings is 1. The van der Waals surface area contributed by atoms with Gasteiger partial charge in [0.15, 0.2) is 0 Å². The monoisotopic (exact) mass is 242 g/mol. The van der Waals surface area contributed by atoms with Gasteiger partial charge in [0.2, 0.25) is 0 Å². The van der Waals surface area contributed by atoms with Gasteiger partial charge in [0, 0.05) is 23.4 Å². The van der Waals surface area contributed by atoms with E-state index in [1.807, 2.05) is 6.92 Å². The molecule has 0 aliphatic carbocycles. The molecule has 0 aliphatic rings. The van der Waals surface area contributed by atoms with Gasteiger partial charge in [-0.2, -0.15) is 0 Å². The fourth-order valence-electron chi connectivity index (χ4n) is 1.19. The number of nitrogens with one attached hydrogen (secondary N) is 2. The third kappa shape index (κ3) is 4.51. The Labute approximate surface area is 99.6 Å². The quantitative estimate of drug-likeness (QED) is 0.758. The molecule has 0 bridgehead atoms. The summed E-state index contributed by atoms with van der Waals surface area (Å²) in [6.45, 7) is 1.89. The Morgan fingerprint density at radius 3 is 2.62 bits per heavy atom. The second kappa shape index (κ2) is 6.35. The molecule has 1 rings (SSSR count). The van der Waals surface area contributed by atoms with Gasteiger partial charge in [-0.15, -0.1) is 0 Å². The van der Waals surface area contributed by atoms with Crippen LogP contribution in [0.3, 0.4) is 0 Å². The lowest BCUT2D eigenvalue weighted by Gasteiger charge is -2.13. The lowest BCUT2D eigenvalue weighted by molar-refractivity contribution is 0.241. The van der Waals surface area contributed by atoms with Crippen LogP contribution in [0, 0.1) is 0 Å². The van der Waals surface area contributed by atoms with E-state index in [1.165, 1.54) is 0 Å². The Balaban J connectivity index is 2.42. The molecule has 0 fully saturated rings. The number of amides is 2. The molecule has 5 heteroatoms. The van der Waals surface area contributed by atoms with E-state index in [9.17, 15) is 4.79 Å². The third-order valence-corrected chi connectivity index (χ3v) is 2.29. The number of urea groups is 1. The molecule has 3 N–H and O–H groups in total. The maximum Gasteiger partial charge on any atom is 0.319 e. The highest BCUT2D eigenvalue weighted by Gasteiger charge is 2.06. The average Bonchev–Trinajstić information content (AvgIpc) is 2.21. The van der Waals surface area contributed by atoms with E-state index in [0.717, 1.165) is 0 Å². The van der Waals surface area contributed by atoms with E-state index in [-0.39, 0.29) is 18.7 Å². The molecule has 0 saturated carbocycles. The van der Waals surface area contributed by atoms with Crippen LogP contribution in [0.15, 0.2) is 24.3 Å². The molecule has 1 aromatic carbocycles. The SMILES string of the molecule is CC(CCO)NC(=O)Nc1ccc(Cl)cc1. The zero-order valence-corrected chi connectivity index (χ0v) is 9.79. The Morgan fingerprint density at radius 1 is 1.44 bits per heavy atom. The Hall–Kier alpha value is -1.26. The maximum atomic E-state index is 11.4. The number of carbonyl (C=O) groups excluding carboxylic acids is 1. The molecule has 4 nitrogen and oxygen atoms in total. The van der Waals surface area contributed by atoms with Gasteiger partial charge in [0.1, 0.15) is 0 Å². The highest BCUT2D eigenvalue weighted by atomic mass is 35.5. The van der Waals surface area contributed by atoms with Crippen molar-refractivity contribution in [1.29, 1.82) is 0 Å². The highest BCUT2D eigenvalue weighted by Crippen LogP contribution is 2.13. The Kier molecular flexibility index (Phi) is 5.08. The van der Waals surface area contributed by atoms with Crippen molar-refractivity contribution in [3.05, 3.63) is 29.3 Å². The summed E-state index contributed by atoms with van der Waals surface area (Å²) in [6.07, 6.45) is 0.536. The highest BCUT2D eigenvalue weighted by molar-refractivity contribution is 6.30. The lowest BCUT2D eigenvalue weighted by Crippen LogP contribution is -2.36. The number of hydrogen-bond acceptors (Lipinski definition) is 2. The molecule has 0 aliphatic heterocycles. The molecule has 16 heavy (non-hydrogen) atoms. The summed E-state index contributed by atoms with van der Waals surface area (Å²) in [5.41, 5.74) is 0.679. The Bertz CT molecular complexity index is 340. The first kappa shape index (κ1) is 12.8. The predicted octanol–water partition coefficient (Wildman–Crippen LogP) is 2.23. The van der Waals surface area contributed by atoms with Crippen molar-refractivity contribution in [1.82, 2.24) is 5.32 Å². The van der Waals surface area contributed by atoms with Gasteiger partial charge >= 0.3 is 6.03 Å². The summed E-state index contributed by atoms with van der Waals surface area (Å²) in [5.74, 6) is 0. The van der Waals surface area contributed by atoms with Crippen LogP contribution in [0.5, 0.6) is 0 Å². The van der Waals surface area contributed by atoms with Crippen LogP contribution in [-0.2, 0) is 0 Å². The van der Waals surface area contributed by atoms with Crippen LogP contribution in [0.4, 0.5) is 10.5 Å². The number of aliphatic hydroxyl groups is 1. The number of anilines is 1. The standard InChI is InChI=1S/C11H15ClN2O2/c1-8(6-7-15)13-11(16)14-10-4-2-9(12)3-5-10/h2-5,8,15H,6-7H2,1H3,(H2,13,14,16). The zero-order chi connectivity index (χ0) is 12.0. The fourth-order valence-corrected chi connectivity index (χ4v) is 1.32. The molecule has 0 spiro atoms. The van der Waals surface area contributed by atoms with Crippen molar-refractivity contribution < 1.29 is 9.90 Å². The van der Waals surface area contributed by atoms with E-state index >= 15 is 0 Å². The van der Waals surface area contributed by atoms with Crippen molar-refractivity contribution >= 4 is 23.3 Å². The van der Waals surface area contributed by atoms with Crippen molar-refractivity contribution in [3.63, 3.8) is 0 Å². The molecule has 1 aromatic rings. The molecule has 0 aromatic heterocycles. The first-order valence-corrected chi connectivity index (χ1v) is 5.43. The van der Waals surface area contributed by atoms with Crippen molar-refractivity contribution in [2.75, 3.05) is 11.9 Å². The second-order valence-electron chi connectivity index (χ2n) is 3.52. The van der Waals surface area contributed by atoms with Crippen LogP contribution in [-0.4, -0.2) is 23.8 Å². The average molecular weight is 243 g/mol. The Morgan fingerprint density at radius 2 is 2.06 bits per heavy atom. The number of carbonyl (C=O) groups is 1. The molecule has 0 radical (unpaired) electrons. The van der Waals surface area contributed by atoms with Gasteiger partial charge in [0.25, 0.3) is 0 Å². The minimum atomic E-state index is -0.289. The van der Waals surface area contributed by atoms with Crippen LogP contribution < -0.4 is 10.6 Å². The van der Waals surface area contributed by atoms with Gasteiger partial charge in [-0.25, -0.2) is 4.79 Å². The van der Waals surface area contributed by atoms with E-state index in [1.54, 1.807) is 24.3 Å². The van der Waals surface area contributed by atoms with Crippen LogP contribution in [0.1, 0.15) is 13.3 Å². The number of hydrogen-bond donors (Lipinski definition) is 3. The van der Waals surface area contributed by atoms with Crippen molar-refractivity contribution in [2.45, 2.75) is 19.4 Å². The second-order valence-corrected chi connectivity index (χ2v) is 3.96. The summed E-state index contributed by atoms with van der Waals surface area (Å²) in [5, 5.41) is 14.7. The normalized spacial score (nSPS) is 11.9. The number of halogens is 1. The van der Waals surface area contributed by atoms with Gasteiger partial charge in [0.05, 0.1) is 0 Å². The van der Waals surface area contributed by atoms with Gasteiger partial charge in [-0.1, -0.05) is 11.6 Å². The van der Waals surface area contributed by atoms with Gasteiger partial charge < -0.3 is 15.7 Å². The largest absolute Gasteiger partial charge is 0.396 e. The summed E-state index contributed by atoms with van der Waals surface area (Å²) >= 11 is 5.72. The van der Waals surface area contributed by atoms with Gasteiger partial charge in [-0.05, 0) is 37.6 Å². The summed E-state index contributed by atoms with van der Waals surface area (Å²) in [7, 11) is 0. The third-order valence-electron chi connectivity index (χ3n) is 2.04. The summed E-state index contributed by atoms with van der Waals surface area (Å²) < 4.78 is 0. The topological polar surface area (TPSA) is 61.4 Å². The minimum absolute atomic E-state index is 0.0579. The molecule has 88 valence electrons. The van der Waals surface area contributed by atoms with E-state index in [0.29, 0.717) is 17.1 Å². The van der Waals surface area contributed by atoms with Crippen LogP contribution >= 0.6 is 11.6 Å². The zero-order valence-electron chi connectivity index (χ0n) is 9.03. The summed E-state index contributed by atoms with van der Waals surface area (Å²) in [6, 6.07) is 6.50. The lowest BCUT2D eigenvalue weighted by atomic mass is 10.2. The molecule has 0 saturated heterocycles. The number of aliphatic hydroxyl groups excluding tert-OH is 1. The first-order chi connectivity index (χ1) is 7.61. The number of rotatable bonds is 4. The fraction of sp³-hybridized carbons (Fsp3) is 0.364. The predicted molar refractivity (Wildman–Crippen MR) is 64.8 cm³/mol. The summed E-state index contributed by atoms with van der Waals surface area (Å²) in [4.78, 5) is 11.4. The molecule has 1 atom stereocenters. The van der Waals surface area contributed by atoms with E-state index in [4.69, 9.17) is 16.7 Å². The van der Waals surface area contributed by atoms with Gasteiger partial charge in [-0.3, -0.25) is 0 Å². The first-order valence-electron chi connectivity index (χ1n) is 5.05. The molecular weight excluding hydrogens is 228 g/mol. The van der Waals surface area contributed by atoms with Crippen molar-refractivity contribution in [3.8, 4) is 0 Å². The molecule has 1 unspecified atom stereocenters. The molecule has 2 amide bonds. The van der Waals surface area contributed by atoms with E-state index in [2.05, 4.69) is 10.6 Å². The molecular formula is C11H15ClN2O2. The van der Waals surface area contributed by atoms with Crippen LogP contribution in [0.25, 0.3) is 0 Å².